The molecule has 1 aromatic rings. The Morgan fingerprint density at radius 2 is 0.956 bits per heavy atom. The molecule has 0 N–H and O–H groups in total. The van der Waals surface area contributed by atoms with Gasteiger partial charge >= 0.3 is 11.9 Å². The third-order valence-electron chi connectivity index (χ3n) is 11.5. The number of esters is 2. The smallest absolute Gasteiger partial charge is 0.310 e. The van der Waals surface area contributed by atoms with Gasteiger partial charge in [-0.25, -0.2) is 0 Å². The fourth-order valence-electron chi connectivity index (χ4n) is 9.00. The SMILES string of the molecule is Cc1cc(CC(=O)OCCN(C2CCCCC2)C2CCCCC2)ccc1CC(=O)OCCN(C1CCCCC1)C1CCCCC1. The minimum absolute atomic E-state index is 0.155. The van der Waals surface area contributed by atoms with Gasteiger partial charge in [0.1, 0.15) is 13.2 Å². The van der Waals surface area contributed by atoms with Gasteiger partial charge in [0.2, 0.25) is 0 Å². The van der Waals surface area contributed by atoms with Gasteiger partial charge in [-0.15, -0.1) is 0 Å². The molecular formula is C39H62N2O4. The number of benzene rings is 1. The molecule has 0 aromatic heterocycles. The van der Waals surface area contributed by atoms with Crippen LogP contribution in [0.15, 0.2) is 18.2 Å². The van der Waals surface area contributed by atoms with E-state index in [1.165, 1.54) is 128 Å². The highest BCUT2D eigenvalue weighted by atomic mass is 16.5. The zero-order valence-corrected chi connectivity index (χ0v) is 28.5. The number of aryl methyl sites for hydroxylation is 1. The molecule has 1 aromatic carbocycles. The van der Waals surface area contributed by atoms with Crippen molar-refractivity contribution in [3.05, 3.63) is 34.9 Å². The fraction of sp³-hybridized carbons (Fsp3) is 0.795. The van der Waals surface area contributed by atoms with E-state index in [4.69, 9.17) is 9.47 Å². The summed E-state index contributed by atoms with van der Waals surface area (Å²) in [6, 6.07) is 8.65. The Morgan fingerprint density at radius 1 is 0.578 bits per heavy atom. The van der Waals surface area contributed by atoms with E-state index >= 15 is 0 Å². The maximum Gasteiger partial charge on any atom is 0.310 e. The van der Waals surface area contributed by atoms with Crippen LogP contribution in [0, 0.1) is 6.92 Å². The third-order valence-corrected chi connectivity index (χ3v) is 11.5. The van der Waals surface area contributed by atoms with Crippen LogP contribution >= 0.6 is 0 Å². The first-order chi connectivity index (χ1) is 22.1. The zero-order valence-electron chi connectivity index (χ0n) is 28.5. The predicted molar refractivity (Wildman–Crippen MR) is 181 cm³/mol. The van der Waals surface area contributed by atoms with Crippen LogP contribution < -0.4 is 0 Å². The van der Waals surface area contributed by atoms with Gasteiger partial charge in [-0.3, -0.25) is 19.4 Å². The first-order valence-corrected chi connectivity index (χ1v) is 19.0. The van der Waals surface area contributed by atoms with Crippen LogP contribution in [-0.2, 0) is 31.9 Å². The lowest BCUT2D eigenvalue weighted by atomic mass is 9.88. The lowest BCUT2D eigenvalue weighted by Crippen LogP contribution is -2.46. The Balaban J connectivity index is 1.04. The topological polar surface area (TPSA) is 59.1 Å². The molecule has 0 saturated heterocycles. The van der Waals surface area contributed by atoms with Gasteiger partial charge in [0, 0.05) is 37.3 Å². The van der Waals surface area contributed by atoms with Crippen LogP contribution in [-0.4, -0.2) is 72.2 Å². The van der Waals surface area contributed by atoms with Crippen molar-refractivity contribution >= 4 is 11.9 Å². The van der Waals surface area contributed by atoms with Crippen LogP contribution in [0.3, 0.4) is 0 Å². The molecule has 45 heavy (non-hydrogen) atoms. The highest BCUT2D eigenvalue weighted by molar-refractivity contribution is 5.74. The minimum atomic E-state index is -0.158. The van der Waals surface area contributed by atoms with Gasteiger partial charge in [-0.05, 0) is 75.0 Å². The predicted octanol–water partition coefficient (Wildman–Crippen LogP) is 8.10. The van der Waals surface area contributed by atoms with Gasteiger partial charge in [0.05, 0.1) is 12.8 Å². The zero-order chi connectivity index (χ0) is 31.3. The summed E-state index contributed by atoms with van der Waals surface area (Å²) < 4.78 is 11.6. The van der Waals surface area contributed by atoms with Crippen molar-refractivity contribution < 1.29 is 19.1 Å². The molecule has 0 bridgehead atoms. The van der Waals surface area contributed by atoms with Gasteiger partial charge in [-0.2, -0.15) is 0 Å². The van der Waals surface area contributed by atoms with Crippen molar-refractivity contribution in [2.24, 2.45) is 0 Å². The molecule has 252 valence electrons. The normalized spacial score (nSPS) is 21.3. The van der Waals surface area contributed by atoms with Crippen molar-refractivity contribution in [2.75, 3.05) is 26.3 Å². The molecule has 0 unspecified atom stereocenters. The number of ether oxygens (including phenoxy) is 2. The molecule has 0 heterocycles. The van der Waals surface area contributed by atoms with Crippen molar-refractivity contribution in [1.29, 1.82) is 0 Å². The van der Waals surface area contributed by atoms with E-state index in [1.807, 2.05) is 25.1 Å². The van der Waals surface area contributed by atoms with E-state index in [-0.39, 0.29) is 24.8 Å². The number of hydrogen-bond donors (Lipinski definition) is 0. The average Bonchev–Trinajstić information content (AvgIpc) is 3.08. The average molecular weight is 623 g/mol. The summed E-state index contributed by atoms with van der Waals surface area (Å²) >= 11 is 0. The largest absolute Gasteiger partial charge is 0.464 e. The molecule has 0 spiro atoms. The Morgan fingerprint density at radius 3 is 1.33 bits per heavy atom. The quantitative estimate of drug-likeness (QED) is 0.196. The van der Waals surface area contributed by atoms with E-state index in [9.17, 15) is 9.59 Å². The van der Waals surface area contributed by atoms with Gasteiger partial charge < -0.3 is 9.47 Å². The second-order valence-corrected chi connectivity index (χ2v) is 14.7. The highest BCUT2D eigenvalue weighted by Crippen LogP contribution is 2.31. The van der Waals surface area contributed by atoms with E-state index in [2.05, 4.69) is 9.80 Å². The van der Waals surface area contributed by atoms with Crippen molar-refractivity contribution in [3.8, 4) is 0 Å². The van der Waals surface area contributed by atoms with E-state index in [0.717, 1.165) is 29.8 Å². The molecule has 5 rings (SSSR count). The monoisotopic (exact) mass is 622 g/mol. The van der Waals surface area contributed by atoms with Crippen LogP contribution in [0.4, 0.5) is 0 Å². The summed E-state index contributed by atoms with van der Waals surface area (Å²) in [4.78, 5) is 31.1. The molecule has 4 fully saturated rings. The highest BCUT2D eigenvalue weighted by Gasteiger charge is 2.30. The van der Waals surface area contributed by atoms with Crippen molar-refractivity contribution in [2.45, 2.75) is 172 Å². The Hall–Kier alpha value is -1.92. The van der Waals surface area contributed by atoms with Crippen LogP contribution in [0.1, 0.15) is 145 Å². The number of carbonyl (C=O) groups excluding carboxylic acids is 2. The lowest BCUT2D eigenvalue weighted by Gasteiger charge is -2.41. The molecule has 6 heteroatoms. The van der Waals surface area contributed by atoms with Gasteiger partial charge in [-0.1, -0.05) is 95.2 Å². The van der Waals surface area contributed by atoms with E-state index < -0.39 is 0 Å². The number of nitrogens with zero attached hydrogens (tertiary/aromatic N) is 2. The molecule has 6 nitrogen and oxygen atoms in total. The molecule has 0 amide bonds. The van der Waals surface area contributed by atoms with Crippen LogP contribution in [0.5, 0.6) is 0 Å². The molecular weight excluding hydrogens is 560 g/mol. The Kier molecular flexibility index (Phi) is 14.1. The summed E-state index contributed by atoms with van der Waals surface area (Å²) in [5, 5.41) is 0. The lowest BCUT2D eigenvalue weighted by molar-refractivity contribution is -0.144. The maximum atomic E-state index is 12.8. The summed E-state index contributed by atoms with van der Waals surface area (Å²) in [5.74, 6) is -0.313. The molecule has 0 aliphatic heterocycles. The summed E-state index contributed by atoms with van der Waals surface area (Å²) in [7, 11) is 0. The molecule has 0 atom stereocenters. The standard InChI is InChI=1S/C39H62N2O4/c1-31-28-32(29-38(42)44-26-24-40(34-14-6-2-7-15-34)35-16-8-3-9-17-35)22-23-33(31)30-39(43)45-27-25-41(36-18-10-4-11-19-36)37-20-12-5-13-21-37/h22-23,28,34-37H,2-21,24-27,29-30H2,1H3. The van der Waals surface area contributed by atoms with Crippen molar-refractivity contribution in [1.82, 2.24) is 9.80 Å². The van der Waals surface area contributed by atoms with Gasteiger partial charge in [0.15, 0.2) is 0 Å². The number of rotatable bonds is 14. The Labute approximate surface area is 274 Å². The molecule has 4 saturated carbocycles. The fourth-order valence-corrected chi connectivity index (χ4v) is 9.00. The minimum Gasteiger partial charge on any atom is -0.464 e. The summed E-state index contributed by atoms with van der Waals surface area (Å²) in [5.41, 5.74) is 2.95. The Bertz CT molecular complexity index is 999. The van der Waals surface area contributed by atoms with Crippen molar-refractivity contribution in [3.63, 3.8) is 0 Å². The first kappa shape index (κ1) is 34.4. The summed E-state index contributed by atoms with van der Waals surface area (Å²) in [6.07, 6.45) is 27.0. The maximum absolute atomic E-state index is 12.8. The first-order valence-electron chi connectivity index (χ1n) is 19.0. The second kappa shape index (κ2) is 18.4. The number of hydrogen-bond acceptors (Lipinski definition) is 6. The van der Waals surface area contributed by atoms with E-state index in [0.29, 0.717) is 37.4 Å². The van der Waals surface area contributed by atoms with Crippen LogP contribution in [0.2, 0.25) is 0 Å². The molecule has 0 radical (unpaired) electrons. The van der Waals surface area contributed by atoms with Crippen LogP contribution in [0.25, 0.3) is 0 Å². The molecule has 4 aliphatic rings. The van der Waals surface area contributed by atoms with E-state index in [1.54, 1.807) is 0 Å². The third kappa shape index (κ3) is 10.8. The molecule has 4 aliphatic carbocycles. The van der Waals surface area contributed by atoms with Gasteiger partial charge in [0.25, 0.3) is 0 Å². The summed E-state index contributed by atoms with van der Waals surface area (Å²) in [6.45, 7) is 4.71. The second-order valence-electron chi connectivity index (χ2n) is 14.7. The number of carbonyl (C=O) groups is 2.